The fourth-order valence-corrected chi connectivity index (χ4v) is 4.14. The van der Waals surface area contributed by atoms with Crippen LogP contribution in [0, 0.1) is 0 Å². The van der Waals surface area contributed by atoms with E-state index < -0.39 is 0 Å². The first-order valence-electron chi connectivity index (χ1n) is 6.74. The Kier molecular flexibility index (Phi) is 4.83. The van der Waals surface area contributed by atoms with Crippen molar-refractivity contribution in [2.45, 2.75) is 10.3 Å². The van der Waals surface area contributed by atoms with Crippen molar-refractivity contribution < 1.29 is 4.74 Å². The average Bonchev–Trinajstić information content (AvgIpc) is 3.03. The number of nitrogens with zero attached hydrogens (tertiary/aromatic N) is 2. The van der Waals surface area contributed by atoms with Crippen molar-refractivity contribution in [3.63, 3.8) is 0 Å². The van der Waals surface area contributed by atoms with Crippen LogP contribution in [0.15, 0.2) is 58.7 Å². The van der Waals surface area contributed by atoms with E-state index in [1.54, 1.807) is 18.9 Å². The van der Waals surface area contributed by atoms with Gasteiger partial charge in [-0.15, -0.1) is 23.5 Å². The van der Waals surface area contributed by atoms with E-state index >= 15 is 0 Å². The first-order valence-corrected chi connectivity index (χ1v) is 8.61. The lowest BCUT2D eigenvalue weighted by molar-refractivity contribution is 0.415. The Hall–Kier alpha value is -1.46. The summed E-state index contributed by atoms with van der Waals surface area (Å²) in [6.45, 7) is 0.881. The fourth-order valence-electron chi connectivity index (χ4n) is 2.01. The van der Waals surface area contributed by atoms with Gasteiger partial charge in [0.05, 0.1) is 23.7 Å². The minimum atomic E-state index is 0.522. The Labute approximate surface area is 133 Å². The summed E-state index contributed by atoms with van der Waals surface area (Å²) in [5.74, 6) is 1.91. The van der Waals surface area contributed by atoms with E-state index in [4.69, 9.17) is 4.74 Å². The van der Waals surface area contributed by atoms with Crippen LogP contribution in [-0.2, 0) is 0 Å². The van der Waals surface area contributed by atoms with E-state index in [1.807, 2.05) is 42.2 Å². The van der Waals surface area contributed by atoms with Crippen LogP contribution in [0.2, 0.25) is 0 Å². The normalized spacial score (nSPS) is 17.6. The van der Waals surface area contributed by atoms with Crippen LogP contribution in [0.5, 0.6) is 5.75 Å². The van der Waals surface area contributed by atoms with Crippen LogP contribution in [0.4, 0.5) is 0 Å². The first-order chi connectivity index (χ1) is 10.3. The van der Waals surface area contributed by atoms with Crippen molar-refractivity contribution in [3.8, 4) is 5.75 Å². The van der Waals surface area contributed by atoms with Gasteiger partial charge in [0.2, 0.25) is 0 Å². The maximum Gasteiger partial charge on any atom is 0.118 e. The lowest BCUT2D eigenvalue weighted by Gasteiger charge is -2.07. The number of pyridine rings is 1. The molecule has 2 aromatic rings. The Morgan fingerprint density at radius 2 is 2.10 bits per heavy atom. The molecule has 108 valence electrons. The third-order valence-corrected chi connectivity index (χ3v) is 5.66. The number of rotatable bonds is 5. The summed E-state index contributed by atoms with van der Waals surface area (Å²) in [5, 5.41) is 2.73. The van der Waals surface area contributed by atoms with Gasteiger partial charge >= 0.3 is 0 Å². The molecule has 1 aliphatic heterocycles. The molecule has 5 heteroatoms. The predicted molar refractivity (Wildman–Crippen MR) is 90.7 cm³/mol. The topological polar surface area (TPSA) is 34.5 Å². The highest BCUT2D eigenvalue weighted by molar-refractivity contribution is 8.16. The number of thioether (sulfide) groups is 2. The molecule has 0 saturated carbocycles. The highest BCUT2D eigenvalue weighted by Crippen LogP contribution is 2.30. The molecule has 0 N–H and O–H groups in total. The molecule has 3 nitrogen and oxygen atoms in total. The van der Waals surface area contributed by atoms with Gasteiger partial charge < -0.3 is 4.74 Å². The zero-order valence-corrected chi connectivity index (χ0v) is 13.4. The zero-order chi connectivity index (χ0) is 14.5. The number of benzene rings is 1. The summed E-state index contributed by atoms with van der Waals surface area (Å²) in [4.78, 5) is 9.00. The average molecular weight is 316 g/mol. The summed E-state index contributed by atoms with van der Waals surface area (Å²) in [7, 11) is 1.68. The molecule has 0 radical (unpaired) electrons. The molecule has 0 aliphatic carbocycles. The van der Waals surface area contributed by atoms with E-state index in [0.717, 1.165) is 28.1 Å². The van der Waals surface area contributed by atoms with Crippen molar-refractivity contribution >= 4 is 28.6 Å². The molecular formula is C16H16N2OS2. The Morgan fingerprint density at radius 1 is 1.24 bits per heavy atom. The molecule has 0 saturated heterocycles. The SMILES string of the molecule is COc1ccc(C2=NCC(CSc3ccccn3)S2)cc1. The van der Waals surface area contributed by atoms with Crippen LogP contribution in [-0.4, -0.2) is 34.7 Å². The van der Waals surface area contributed by atoms with Gasteiger partial charge in [0.25, 0.3) is 0 Å². The van der Waals surface area contributed by atoms with E-state index in [0.29, 0.717) is 5.25 Å². The van der Waals surface area contributed by atoms with Crippen molar-refractivity contribution in [2.24, 2.45) is 4.99 Å². The number of hydrogen-bond acceptors (Lipinski definition) is 5. The van der Waals surface area contributed by atoms with Gasteiger partial charge in [-0.2, -0.15) is 0 Å². The molecule has 21 heavy (non-hydrogen) atoms. The third-order valence-electron chi connectivity index (χ3n) is 3.11. The van der Waals surface area contributed by atoms with Gasteiger partial charge in [-0.25, -0.2) is 4.98 Å². The summed E-state index contributed by atoms with van der Waals surface area (Å²) in [6.07, 6.45) is 1.84. The monoisotopic (exact) mass is 316 g/mol. The number of methoxy groups -OCH3 is 1. The van der Waals surface area contributed by atoms with Crippen LogP contribution in [0.1, 0.15) is 5.56 Å². The lowest BCUT2D eigenvalue weighted by atomic mass is 10.2. The maximum absolute atomic E-state index is 5.18. The molecule has 2 heterocycles. The third kappa shape index (κ3) is 3.80. The van der Waals surface area contributed by atoms with E-state index in [-0.39, 0.29) is 0 Å². The number of aromatic nitrogens is 1. The van der Waals surface area contributed by atoms with Crippen molar-refractivity contribution in [2.75, 3.05) is 19.4 Å². The van der Waals surface area contributed by atoms with E-state index in [1.165, 1.54) is 5.56 Å². The Balaban J connectivity index is 1.54. The first kappa shape index (κ1) is 14.5. The molecule has 0 spiro atoms. The van der Waals surface area contributed by atoms with Gasteiger partial charge in [-0.05, 0) is 36.4 Å². The minimum Gasteiger partial charge on any atom is -0.497 e. The van der Waals surface area contributed by atoms with Gasteiger partial charge in [0.15, 0.2) is 0 Å². The molecular weight excluding hydrogens is 300 g/mol. The second-order valence-corrected chi connectivity index (χ2v) is 6.92. The molecule has 3 rings (SSSR count). The molecule has 1 aromatic carbocycles. The summed E-state index contributed by atoms with van der Waals surface area (Å²) >= 11 is 3.65. The van der Waals surface area contributed by atoms with Crippen molar-refractivity contribution in [1.82, 2.24) is 4.98 Å². The Morgan fingerprint density at radius 3 is 2.81 bits per heavy atom. The van der Waals surface area contributed by atoms with Gasteiger partial charge in [0.1, 0.15) is 5.75 Å². The second-order valence-electron chi connectivity index (χ2n) is 4.59. The highest BCUT2D eigenvalue weighted by Gasteiger charge is 2.21. The molecule has 1 atom stereocenters. The van der Waals surface area contributed by atoms with Gasteiger partial charge in [-0.1, -0.05) is 6.07 Å². The summed E-state index contributed by atoms with van der Waals surface area (Å²) in [5.41, 5.74) is 1.17. The lowest BCUT2D eigenvalue weighted by Crippen LogP contribution is -2.06. The summed E-state index contributed by atoms with van der Waals surface area (Å²) < 4.78 is 5.18. The fraction of sp³-hybridized carbons (Fsp3) is 0.250. The minimum absolute atomic E-state index is 0.522. The quantitative estimate of drug-likeness (QED) is 0.787. The Bertz CT molecular complexity index is 614. The largest absolute Gasteiger partial charge is 0.497 e. The summed E-state index contributed by atoms with van der Waals surface area (Å²) in [6, 6.07) is 14.1. The predicted octanol–water partition coefficient (Wildman–Crippen LogP) is 3.74. The number of ether oxygens (including phenoxy) is 1. The van der Waals surface area contributed by atoms with E-state index in [2.05, 4.69) is 28.2 Å². The van der Waals surface area contributed by atoms with Crippen LogP contribution >= 0.6 is 23.5 Å². The van der Waals surface area contributed by atoms with E-state index in [9.17, 15) is 0 Å². The van der Waals surface area contributed by atoms with Crippen LogP contribution < -0.4 is 4.74 Å². The number of aliphatic imine (C=N–C) groups is 1. The van der Waals surface area contributed by atoms with Crippen LogP contribution in [0.3, 0.4) is 0 Å². The molecule has 0 bridgehead atoms. The molecule has 0 fully saturated rings. The van der Waals surface area contributed by atoms with Gasteiger partial charge in [-0.3, -0.25) is 4.99 Å². The second kappa shape index (κ2) is 7.00. The molecule has 1 unspecified atom stereocenters. The molecule has 1 aliphatic rings. The standard InChI is InChI=1S/C16H16N2OS2/c1-19-13-7-5-12(6-8-13)16-18-10-14(21-16)11-20-15-4-2-3-9-17-15/h2-9,14H,10-11H2,1H3. The molecule has 1 aromatic heterocycles. The van der Waals surface area contributed by atoms with Gasteiger partial charge in [0, 0.05) is 22.8 Å². The van der Waals surface area contributed by atoms with Crippen molar-refractivity contribution in [3.05, 3.63) is 54.2 Å². The molecule has 0 amide bonds. The smallest absolute Gasteiger partial charge is 0.118 e. The number of hydrogen-bond donors (Lipinski definition) is 0. The maximum atomic E-state index is 5.18. The van der Waals surface area contributed by atoms with Crippen LogP contribution in [0.25, 0.3) is 0 Å². The highest BCUT2D eigenvalue weighted by atomic mass is 32.2. The zero-order valence-electron chi connectivity index (χ0n) is 11.7. The van der Waals surface area contributed by atoms with Crippen molar-refractivity contribution in [1.29, 1.82) is 0 Å².